The molecule has 5 N–H and O–H groups in total. The summed E-state index contributed by atoms with van der Waals surface area (Å²) in [4.78, 5) is 13.8. The summed E-state index contributed by atoms with van der Waals surface area (Å²) in [5, 5.41) is 20.6. The van der Waals surface area contributed by atoms with Gasteiger partial charge in [-0.05, 0) is 18.8 Å². The van der Waals surface area contributed by atoms with Gasteiger partial charge in [-0.3, -0.25) is 10.4 Å². The van der Waals surface area contributed by atoms with E-state index in [2.05, 4.69) is 27.6 Å². The smallest absolute Gasteiger partial charge is 0.323 e. The lowest BCUT2D eigenvalue weighted by molar-refractivity contribution is 0.186. The molecule has 0 bridgehead atoms. The monoisotopic (exact) mass is 266 g/mol. The van der Waals surface area contributed by atoms with E-state index in [1.807, 2.05) is 0 Å². The van der Waals surface area contributed by atoms with Gasteiger partial charge in [-0.2, -0.15) is 5.10 Å². The predicted molar refractivity (Wildman–Crippen MR) is 70.1 cm³/mol. The summed E-state index contributed by atoms with van der Waals surface area (Å²) in [5.74, 6) is 0.888. The van der Waals surface area contributed by atoms with Crippen molar-refractivity contribution in [3.05, 3.63) is 11.8 Å². The number of nitrogens with two attached hydrogens (primary N) is 1. The van der Waals surface area contributed by atoms with Crippen molar-refractivity contribution in [2.24, 2.45) is 16.8 Å². The fourth-order valence-corrected chi connectivity index (χ4v) is 2.03. The zero-order valence-corrected chi connectivity index (χ0v) is 10.8. The molecular weight excluding hydrogens is 248 g/mol. The highest BCUT2D eigenvalue weighted by Crippen LogP contribution is 2.17. The summed E-state index contributed by atoms with van der Waals surface area (Å²) in [6.45, 7) is 3.65. The molecular formula is C11H18N6O2. The van der Waals surface area contributed by atoms with Crippen molar-refractivity contribution in [2.75, 3.05) is 18.4 Å². The highest BCUT2D eigenvalue weighted by Gasteiger charge is 2.21. The summed E-state index contributed by atoms with van der Waals surface area (Å²) in [7, 11) is 0. The van der Waals surface area contributed by atoms with Gasteiger partial charge in [0.2, 0.25) is 0 Å². The maximum Gasteiger partial charge on any atom is 0.323 e. The third-order valence-electron chi connectivity index (χ3n) is 3.33. The van der Waals surface area contributed by atoms with Gasteiger partial charge in [0.25, 0.3) is 0 Å². The number of amidine groups is 1. The van der Waals surface area contributed by atoms with Gasteiger partial charge < -0.3 is 15.8 Å². The van der Waals surface area contributed by atoms with Gasteiger partial charge in [0.15, 0.2) is 5.84 Å². The Balaban J connectivity index is 2.01. The van der Waals surface area contributed by atoms with Gasteiger partial charge in [0.1, 0.15) is 5.82 Å². The number of hydrogen-bond acceptors (Lipinski definition) is 4. The van der Waals surface area contributed by atoms with Crippen LogP contribution in [0.1, 0.15) is 25.3 Å². The van der Waals surface area contributed by atoms with E-state index in [-0.39, 0.29) is 11.9 Å². The van der Waals surface area contributed by atoms with Crippen LogP contribution in [0, 0.1) is 5.92 Å². The lowest BCUT2D eigenvalue weighted by Crippen LogP contribution is -2.40. The molecule has 0 aliphatic carbocycles. The summed E-state index contributed by atoms with van der Waals surface area (Å²) in [6.07, 6.45) is 3.40. The molecule has 0 spiro atoms. The number of nitrogens with zero attached hydrogens (tertiary/aromatic N) is 3. The van der Waals surface area contributed by atoms with Crippen LogP contribution in [0.2, 0.25) is 0 Å². The Kier molecular flexibility index (Phi) is 3.88. The number of anilines is 1. The number of amides is 2. The van der Waals surface area contributed by atoms with Crippen LogP contribution in [-0.2, 0) is 0 Å². The molecule has 0 saturated carbocycles. The third kappa shape index (κ3) is 2.95. The molecule has 2 amide bonds. The Hall–Kier alpha value is -2.25. The highest BCUT2D eigenvalue weighted by molar-refractivity contribution is 6.04. The van der Waals surface area contributed by atoms with Crippen LogP contribution < -0.4 is 11.1 Å². The zero-order valence-electron chi connectivity index (χ0n) is 10.8. The molecule has 1 aliphatic rings. The largest absolute Gasteiger partial charge is 0.409 e. The van der Waals surface area contributed by atoms with Gasteiger partial charge in [-0.1, -0.05) is 12.1 Å². The number of hydrogen-bond donors (Lipinski definition) is 4. The number of nitrogens with one attached hydrogen (secondary N) is 2. The standard InChI is InChI=1S/C11H18N6O2/c1-7-2-4-17(5-3-7)11(18)14-10-8(6-13-15-10)9(12)16-19/h6-7,19H,2-5H2,1H3,(H2,12,16)(H2,13,14,15,18). The van der Waals surface area contributed by atoms with Crippen LogP contribution in [0.5, 0.6) is 0 Å². The van der Waals surface area contributed by atoms with Crippen molar-refractivity contribution in [2.45, 2.75) is 19.8 Å². The van der Waals surface area contributed by atoms with E-state index in [0.29, 0.717) is 17.3 Å². The number of carbonyl (C=O) groups is 1. The second kappa shape index (κ2) is 5.59. The normalized spacial score (nSPS) is 17.5. The van der Waals surface area contributed by atoms with Crippen molar-refractivity contribution >= 4 is 17.7 Å². The number of piperidine rings is 1. The van der Waals surface area contributed by atoms with Gasteiger partial charge in [-0.25, -0.2) is 4.79 Å². The minimum absolute atomic E-state index is 0.101. The van der Waals surface area contributed by atoms with E-state index >= 15 is 0 Å². The summed E-state index contributed by atoms with van der Waals surface area (Å²) in [5.41, 5.74) is 5.85. The van der Waals surface area contributed by atoms with E-state index in [1.54, 1.807) is 4.90 Å². The molecule has 0 aromatic carbocycles. The molecule has 19 heavy (non-hydrogen) atoms. The maximum atomic E-state index is 12.1. The number of aromatic amines is 1. The molecule has 8 nitrogen and oxygen atoms in total. The van der Waals surface area contributed by atoms with E-state index in [0.717, 1.165) is 25.9 Å². The second-order valence-electron chi connectivity index (χ2n) is 4.74. The minimum atomic E-state index is -0.205. The van der Waals surface area contributed by atoms with Crippen LogP contribution >= 0.6 is 0 Å². The van der Waals surface area contributed by atoms with Crippen LogP contribution in [0.25, 0.3) is 0 Å². The maximum absolute atomic E-state index is 12.1. The molecule has 0 atom stereocenters. The number of rotatable bonds is 2. The topological polar surface area (TPSA) is 120 Å². The number of urea groups is 1. The average molecular weight is 266 g/mol. The Bertz CT molecular complexity index is 475. The van der Waals surface area contributed by atoms with Gasteiger partial charge in [-0.15, -0.1) is 0 Å². The first kappa shape index (κ1) is 13.2. The Labute approximate surface area is 110 Å². The molecule has 2 heterocycles. The van der Waals surface area contributed by atoms with Crippen LogP contribution in [0.15, 0.2) is 11.4 Å². The van der Waals surface area contributed by atoms with E-state index < -0.39 is 0 Å². The second-order valence-corrected chi connectivity index (χ2v) is 4.74. The summed E-state index contributed by atoms with van der Waals surface area (Å²) in [6, 6.07) is -0.205. The first-order chi connectivity index (χ1) is 9.11. The van der Waals surface area contributed by atoms with Gasteiger partial charge >= 0.3 is 6.03 Å². The van der Waals surface area contributed by atoms with E-state index in [9.17, 15) is 4.79 Å². The first-order valence-corrected chi connectivity index (χ1v) is 6.19. The number of oxime groups is 1. The summed E-state index contributed by atoms with van der Waals surface area (Å²) < 4.78 is 0. The van der Waals surface area contributed by atoms with E-state index in [1.165, 1.54) is 6.20 Å². The Morgan fingerprint density at radius 3 is 2.95 bits per heavy atom. The SMILES string of the molecule is CC1CCN(C(=O)Nc2[nH]ncc2C(N)=NO)CC1. The van der Waals surface area contributed by atoms with E-state index in [4.69, 9.17) is 10.9 Å². The fourth-order valence-electron chi connectivity index (χ4n) is 2.03. The zero-order chi connectivity index (χ0) is 13.8. The minimum Gasteiger partial charge on any atom is -0.409 e. The quantitative estimate of drug-likeness (QED) is 0.273. The first-order valence-electron chi connectivity index (χ1n) is 6.19. The van der Waals surface area contributed by atoms with Crippen molar-refractivity contribution in [1.29, 1.82) is 0 Å². The number of H-pyrrole nitrogens is 1. The van der Waals surface area contributed by atoms with Gasteiger partial charge in [0.05, 0.1) is 11.8 Å². The van der Waals surface area contributed by atoms with Crippen LogP contribution in [0.4, 0.5) is 10.6 Å². The number of aromatic nitrogens is 2. The molecule has 0 radical (unpaired) electrons. The predicted octanol–water partition coefficient (Wildman–Crippen LogP) is 0.768. The molecule has 2 rings (SSSR count). The Morgan fingerprint density at radius 2 is 2.32 bits per heavy atom. The molecule has 1 fully saturated rings. The molecule has 104 valence electrons. The molecule has 0 unspecified atom stereocenters. The molecule has 1 aliphatic heterocycles. The summed E-state index contributed by atoms with van der Waals surface area (Å²) >= 11 is 0. The molecule has 1 saturated heterocycles. The van der Waals surface area contributed by atoms with Gasteiger partial charge in [0, 0.05) is 13.1 Å². The molecule has 1 aromatic heterocycles. The number of carbonyl (C=O) groups excluding carboxylic acids is 1. The molecule has 1 aromatic rings. The van der Waals surface area contributed by atoms with Crippen LogP contribution in [-0.4, -0.2) is 45.3 Å². The lowest BCUT2D eigenvalue weighted by atomic mass is 10.00. The van der Waals surface area contributed by atoms with Crippen molar-refractivity contribution < 1.29 is 10.0 Å². The van der Waals surface area contributed by atoms with Crippen molar-refractivity contribution in [1.82, 2.24) is 15.1 Å². The fraction of sp³-hybridized carbons (Fsp3) is 0.545. The van der Waals surface area contributed by atoms with Crippen LogP contribution in [0.3, 0.4) is 0 Å². The molecule has 8 heteroatoms. The Morgan fingerprint density at radius 1 is 1.63 bits per heavy atom. The lowest BCUT2D eigenvalue weighted by Gasteiger charge is -2.30. The highest BCUT2D eigenvalue weighted by atomic mass is 16.4. The number of likely N-dealkylation sites (tertiary alicyclic amines) is 1. The van der Waals surface area contributed by atoms with Crippen molar-refractivity contribution in [3.63, 3.8) is 0 Å². The third-order valence-corrected chi connectivity index (χ3v) is 3.33. The average Bonchev–Trinajstić information content (AvgIpc) is 2.86. The van der Waals surface area contributed by atoms with Crippen molar-refractivity contribution in [3.8, 4) is 0 Å².